The molecule has 2 heterocycles. The second kappa shape index (κ2) is 7.59. The standard InChI is InChI=1S/C31H39N3O/c1-20-4-7-24(8-5-20)30-14-22-13-23(15-30)17-31(16-22,19-30)32-29(35)34-27-9-6-21(2)12-25(27)26-18-33(3)11-10-28(26)34/h4-9,12,22-23,26,28H,10-11,13-19H2,1-3H3,(H,32,35)/t22-,23-,26+,28-,30?,31?/m1/s1. The molecule has 4 saturated carbocycles. The van der Waals surface area contributed by atoms with Crippen molar-refractivity contribution < 1.29 is 4.79 Å². The highest BCUT2D eigenvalue weighted by Gasteiger charge is 2.59. The Kier molecular flexibility index (Phi) is 4.75. The third-order valence-electron chi connectivity index (χ3n) is 10.3. The van der Waals surface area contributed by atoms with Gasteiger partial charge in [-0.2, -0.15) is 0 Å². The van der Waals surface area contributed by atoms with Gasteiger partial charge >= 0.3 is 6.03 Å². The molecular formula is C31H39N3O. The number of anilines is 1. The maximum atomic E-state index is 14.2. The van der Waals surface area contributed by atoms with Crippen molar-refractivity contribution in [3.63, 3.8) is 0 Å². The third kappa shape index (κ3) is 3.39. The van der Waals surface area contributed by atoms with Gasteiger partial charge in [0, 0.05) is 29.7 Å². The van der Waals surface area contributed by atoms with E-state index in [2.05, 4.69) is 78.5 Å². The lowest BCUT2D eigenvalue weighted by Gasteiger charge is -2.62. The number of aryl methyl sites for hydroxylation is 2. The van der Waals surface area contributed by atoms with Crippen molar-refractivity contribution in [3.05, 3.63) is 64.7 Å². The lowest BCUT2D eigenvalue weighted by atomic mass is 9.45. The predicted molar refractivity (Wildman–Crippen MR) is 141 cm³/mol. The number of rotatable bonds is 2. The molecule has 2 aromatic rings. The highest BCUT2D eigenvalue weighted by atomic mass is 16.2. The minimum Gasteiger partial charge on any atom is -0.332 e. The van der Waals surface area contributed by atoms with Crippen LogP contribution in [0.1, 0.15) is 73.1 Å². The molecular weight excluding hydrogens is 430 g/mol. The van der Waals surface area contributed by atoms with Crippen LogP contribution in [0.15, 0.2) is 42.5 Å². The first-order valence-electron chi connectivity index (χ1n) is 13.8. The number of hydrogen-bond acceptors (Lipinski definition) is 2. The summed E-state index contributed by atoms with van der Waals surface area (Å²) < 4.78 is 0. The summed E-state index contributed by atoms with van der Waals surface area (Å²) in [5.74, 6) is 1.90. The summed E-state index contributed by atoms with van der Waals surface area (Å²) >= 11 is 0. The van der Waals surface area contributed by atoms with E-state index in [9.17, 15) is 4.79 Å². The van der Waals surface area contributed by atoms with Gasteiger partial charge in [-0.05, 0) is 107 Å². The number of carbonyl (C=O) groups is 1. The molecule has 6 aliphatic rings. The van der Waals surface area contributed by atoms with E-state index in [1.165, 1.54) is 41.5 Å². The molecule has 184 valence electrons. The molecule has 4 bridgehead atoms. The van der Waals surface area contributed by atoms with Crippen LogP contribution in [0.2, 0.25) is 0 Å². The zero-order valence-electron chi connectivity index (χ0n) is 21.5. The first kappa shape index (κ1) is 21.9. The van der Waals surface area contributed by atoms with E-state index in [1.807, 2.05) is 0 Å². The van der Waals surface area contributed by atoms with Gasteiger partial charge in [0.05, 0.1) is 0 Å². The summed E-state index contributed by atoms with van der Waals surface area (Å²) in [6.45, 7) is 6.45. The first-order chi connectivity index (χ1) is 16.8. The Hall–Kier alpha value is -2.33. The third-order valence-corrected chi connectivity index (χ3v) is 10.3. The number of benzene rings is 2. The maximum absolute atomic E-state index is 14.2. The van der Waals surface area contributed by atoms with Crippen LogP contribution >= 0.6 is 0 Å². The molecule has 0 aromatic heterocycles. The SMILES string of the molecule is Cc1ccc(C23C[C@H]4C[C@@H](CC(NC(=O)N5c6ccc(C)cc6[C@@H]6CN(C)CC[C@H]65)(C4)C2)C3)cc1. The van der Waals surface area contributed by atoms with E-state index in [1.54, 1.807) is 0 Å². The van der Waals surface area contributed by atoms with Gasteiger partial charge in [-0.15, -0.1) is 0 Å². The number of fused-ring (bicyclic) bond motifs is 3. The summed E-state index contributed by atoms with van der Waals surface area (Å²) in [7, 11) is 2.22. The lowest BCUT2D eigenvalue weighted by Crippen LogP contribution is -2.66. The van der Waals surface area contributed by atoms with Gasteiger partial charge in [0.25, 0.3) is 0 Å². The fourth-order valence-electron chi connectivity index (χ4n) is 9.29. The quantitative estimate of drug-likeness (QED) is 0.593. The smallest absolute Gasteiger partial charge is 0.322 e. The normalized spacial score (nSPS) is 37.3. The van der Waals surface area contributed by atoms with Crippen molar-refractivity contribution in [3.8, 4) is 0 Å². The summed E-state index contributed by atoms with van der Waals surface area (Å²) in [6, 6.07) is 16.5. The Labute approximate surface area is 210 Å². The average Bonchev–Trinajstić information content (AvgIpc) is 3.11. The molecule has 0 radical (unpaired) electrons. The number of carbonyl (C=O) groups excluding carboxylic acids is 1. The van der Waals surface area contributed by atoms with Crippen LogP contribution in [0.3, 0.4) is 0 Å². The summed E-state index contributed by atoms with van der Waals surface area (Å²) in [4.78, 5) is 18.8. The molecule has 5 fully saturated rings. The lowest BCUT2D eigenvalue weighted by molar-refractivity contribution is -0.0347. The fraction of sp³-hybridized carbons (Fsp3) is 0.581. The van der Waals surface area contributed by atoms with Crippen LogP contribution in [0.4, 0.5) is 10.5 Å². The van der Waals surface area contributed by atoms with E-state index < -0.39 is 0 Å². The van der Waals surface area contributed by atoms with Crippen molar-refractivity contribution in [2.24, 2.45) is 11.8 Å². The summed E-state index contributed by atoms with van der Waals surface area (Å²) in [5.41, 5.74) is 6.83. The molecule has 8 rings (SSSR count). The van der Waals surface area contributed by atoms with Gasteiger partial charge in [-0.1, -0.05) is 47.5 Å². The van der Waals surface area contributed by atoms with E-state index in [-0.39, 0.29) is 23.0 Å². The molecule has 0 spiro atoms. The molecule has 4 heteroatoms. The Bertz CT molecular complexity index is 1160. The van der Waals surface area contributed by atoms with Crippen LogP contribution < -0.4 is 10.2 Å². The van der Waals surface area contributed by atoms with Gasteiger partial charge in [0.15, 0.2) is 0 Å². The molecule has 35 heavy (non-hydrogen) atoms. The number of nitrogens with one attached hydrogen (secondary N) is 1. The predicted octanol–water partition coefficient (Wildman–Crippen LogP) is 5.91. The number of amides is 2. The highest BCUT2D eigenvalue weighted by Crippen LogP contribution is 2.62. The maximum Gasteiger partial charge on any atom is 0.322 e. The molecule has 1 N–H and O–H groups in total. The number of likely N-dealkylation sites (tertiary alicyclic amines) is 1. The molecule has 2 amide bonds. The Morgan fingerprint density at radius 1 is 0.971 bits per heavy atom. The van der Waals surface area contributed by atoms with Crippen molar-refractivity contribution in [1.82, 2.24) is 10.2 Å². The molecule has 2 aromatic carbocycles. The van der Waals surface area contributed by atoms with Crippen LogP contribution in [-0.4, -0.2) is 42.6 Å². The molecule has 1 saturated heterocycles. The molecule has 4 atom stereocenters. The number of hydrogen-bond donors (Lipinski definition) is 1. The zero-order valence-corrected chi connectivity index (χ0v) is 21.5. The van der Waals surface area contributed by atoms with Gasteiger partial charge in [-0.25, -0.2) is 4.79 Å². The van der Waals surface area contributed by atoms with E-state index >= 15 is 0 Å². The molecule has 4 aliphatic carbocycles. The molecule has 2 aliphatic heterocycles. The van der Waals surface area contributed by atoms with Crippen LogP contribution in [0, 0.1) is 25.7 Å². The Balaban J connectivity index is 1.21. The van der Waals surface area contributed by atoms with Crippen molar-refractivity contribution in [2.45, 2.75) is 81.7 Å². The minimum absolute atomic E-state index is 0.0551. The second-order valence-electron chi connectivity index (χ2n) is 13.0. The van der Waals surface area contributed by atoms with Gasteiger partial charge in [0.1, 0.15) is 0 Å². The monoisotopic (exact) mass is 469 g/mol. The minimum atomic E-state index is -0.0551. The number of urea groups is 1. The highest BCUT2D eigenvalue weighted by molar-refractivity contribution is 5.96. The van der Waals surface area contributed by atoms with Crippen molar-refractivity contribution >= 4 is 11.7 Å². The first-order valence-corrected chi connectivity index (χ1v) is 13.8. The summed E-state index contributed by atoms with van der Waals surface area (Å²) in [5, 5.41) is 3.75. The zero-order chi connectivity index (χ0) is 23.9. The number of likely N-dealkylation sites (N-methyl/N-ethyl adjacent to an activating group) is 1. The van der Waals surface area contributed by atoms with Crippen molar-refractivity contribution in [1.29, 1.82) is 0 Å². The topological polar surface area (TPSA) is 35.6 Å². The fourth-order valence-corrected chi connectivity index (χ4v) is 9.29. The van der Waals surface area contributed by atoms with Gasteiger partial charge < -0.3 is 10.2 Å². The summed E-state index contributed by atoms with van der Waals surface area (Å²) in [6.07, 6.45) is 8.43. The Morgan fingerprint density at radius 3 is 2.43 bits per heavy atom. The van der Waals surface area contributed by atoms with Gasteiger partial charge in [0.2, 0.25) is 0 Å². The van der Waals surface area contributed by atoms with E-state index in [4.69, 9.17) is 0 Å². The van der Waals surface area contributed by atoms with E-state index in [0.29, 0.717) is 5.92 Å². The van der Waals surface area contributed by atoms with Gasteiger partial charge in [-0.3, -0.25) is 4.90 Å². The van der Waals surface area contributed by atoms with Crippen LogP contribution in [0.25, 0.3) is 0 Å². The number of nitrogens with zero attached hydrogens (tertiary/aromatic N) is 2. The number of piperidine rings is 1. The largest absolute Gasteiger partial charge is 0.332 e. The molecule has 4 nitrogen and oxygen atoms in total. The second-order valence-corrected chi connectivity index (χ2v) is 13.0. The Morgan fingerprint density at radius 2 is 1.69 bits per heavy atom. The molecule has 0 unspecified atom stereocenters. The van der Waals surface area contributed by atoms with Crippen LogP contribution in [0.5, 0.6) is 0 Å². The van der Waals surface area contributed by atoms with E-state index in [0.717, 1.165) is 56.3 Å². The van der Waals surface area contributed by atoms with Crippen molar-refractivity contribution in [2.75, 3.05) is 25.0 Å². The van der Waals surface area contributed by atoms with Crippen LogP contribution in [-0.2, 0) is 5.41 Å². The average molecular weight is 470 g/mol.